The normalized spacial score (nSPS) is 19.7. The average Bonchev–Trinajstić information content (AvgIpc) is 2.05. The molecule has 1 atom stereocenters. The largest absolute Gasteiger partial charge is 0.375 e. The molecule has 4 heteroatoms. The van der Waals surface area contributed by atoms with E-state index in [1.54, 1.807) is 0 Å². The molecule has 1 saturated carbocycles. The molecule has 1 fully saturated rings. The lowest BCUT2D eigenvalue weighted by Crippen LogP contribution is -2.28. The second kappa shape index (κ2) is 6.30. The van der Waals surface area contributed by atoms with E-state index in [-0.39, 0.29) is 6.04 Å². The number of alkyl halides is 2. The van der Waals surface area contributed by atoms with Crippen molar-refractivity contribution in [2.45, 2.75) is 44.6 Å². The van der Waals surface area contributed by atoms with Gasteiger partial charge in [0, 0.05) is 12.6 Å². The van der Waals surface area contributed by atoms with Gasteiger partial charge >= 0.3 is 0 Å². The van der Waals surface area contributed by atoms with Crippen LogP contribution in [0.3, 0.4) is 0 Å². The van der Waals surface area contributed by atoms with Crippen molar-refractivity contribution >= 4 is 0 Å². The summed E-state index contributed by atoms with van der Waals surface area (Å²) < 4.78 is 28.1. The van der Waals surface area contributed by atoms with E-state index in [0.29, 0.717) is 13.0 Å². The Labute approximate surface area is 83.8 Å². The maximum Gasteiger partial charge on any atom is 0.261 e. The van der Waals surface area contributed by atoms with Gasteiger partial charge in [-0.3, -0.25) is 0 Å². The fourth-order valence-electron chi connectivity index (χ4n) is 1.68. The fraction of sp³-hybridized carbons (Fsp3) is 1.00. The third-order valence-corrected chi connectivity index (χ3v) is 2.74. The van der Waals surface area contributed by atoms with Crippen LogP contribution in [0.1, 0.15) is 32.1 Å². The van der Waals surface area contributed by atoms with E-state index < -0.39 is 13.0 Å². The standard InChI is InChI=1S/C10H19F2NO/c11-10(12)7-14-5-4-9(13)6-8-2-1-3-8/h8-10H,1-7,13H2. The summed E-state index contributed by atoms with van der Waals surface area (Å²) in [5.41, 5.74) is 5.83. The van der Waals surface area contributed by atoms with Crippen molar-refractivity contribution in [1.82, 2.24) is 0 Å². The molecule has 0 heterocycles. The highest BCUT2D eigenvalue weighted by Gasteiger charge is 2.19. The van der Waals surface area contributed by atoms with Gasteiger partial charge in [0.15, 0.2) is 0 Å². The molecule has 0 spiro atoms. The molecular weight excluding hydrogens is 188 g/mol. The van der Waals surface area contributed by atoms with Crippen LogP contribution < -0.4 is 5.73 Å². The Bertz CT molecular complexity index is 151. The summed E-state index contributed by atoms with van der Waals surface area (Å²) >= 11 is 0. The van der Waals surface area contributed by atoms with Crippen LogP contribution in [-0.4, -0.2) is 25.7 Å². The van der Waals surface area contributed by atoms with Crippen molar-refractivity contribution in [3.63, 3.8) is 0 Å². The Morgan fingerprint density at radius 1 is 1.36 bits per heavy atom. The molecule has 2 N–H and O–H groups in total. The van der Waals surface area contributed by atoms with Crippen molar-refractivity contribution in [3.05, 3.63) is 0 Å². The molecule has 0 amide bonds. The van der Waals surface area contributed by atoms with Gasteiger partial charge in [0.25, 0.3) is 6.43 Å². The van der Waals surface area contributed by atoms with E-state index >= 15 is 0 Å². The van der Waals surface area contributed by atoms with E-state index in [0.717, 1.165) is 12.3 Å². The maximum absolute atomic E-state index is 11.7. The highest BCUT2D eigenvalue weighted by molar-refractivity contribution is 4.74. The molecule has 1 aliphatic carbocycles. The van der Waals surface area contributed by atoms with Crippen LogP contribution in [-0.2, 0) is 4.74 Å². The quantitative estimate of drug-likeness (QED) is 0.649. The lowest BCUT2D eigenvalue weighted by atomic mass is 9.80. The van der Waals surface area contributed by atoms with Gasteiger partial charge in [-0.25, -0.2) is 8.78 Å². The third kappa shape index (κ3) is 4.86. The number of hydrogen-bond donors (Lipinski definition) is 1. The number of halogens is 2. The molecule has 0 bridgehead atoms. The second-order valence-electron chi connectivity index (χ2n) is 4.05. The molecule has 0 aromatic carbocycles. The minimum Gasteiger partial charge on any atom is -0.375 e. The Morgan fingerprint density at radius 2 is 2.07 bits per heavy atom. The highest BCUT2D eigenvalue weighted by Crippen LogP contribution is 2.30. The molecule has 2 nitrogen and oxygen atoms in total. The first-order chi connectivity index (χ1) is 6.68. The Balaban J connectivity index is 1.89. The Morgan fingerprint density at radius 3 is 2.57 bits per heavy atom. The highest BCUT2D eigenvalue weighted by atomic mass is 19.3. The van der Waals surface area contributed by atoms with Gasteiger partial charge < -0.3 is 10.5 Å². The molecule has 1 unspecified atom stereocenters. The van der Waals surface area contributed by atoms with E-state index in [4.69, 9.17) is 10.5 Å². The minimum atomic E-state index is -2.36. The van der Waals surface area contributed by atoms with E-state index in [2.05, 4.69) is 0 Å². The maximum atomic E-state index is 11.7. The number of hydrogen-bond acceptors (Lipinski definition) is 2. The summed E-state index contributed by atoms with van der Waals surface area (Å²) in [6, 6.07) is 0.123. The van der Waals surface area contributed by atoms with Crippen LogP contribution in [0.5, 0.6) is 0 Å². The molecule has 0 radical (unpaired) electrons. The predicted octanol–water partition coefficient (Wildman–Crippen LogP) is 2.18. The zero-order valence-corrected chi connectivity index (χ0v) is 8.42. The van der Waals surface area contributed by atoms with Crippen LogP contribution in [0.25, 0.3) is 0 Å². The fourth-order valence-corrected chi connectivity index (χ4v) is 1.68. The lowest BCUT2D eigenvalue weighted by Gasteiger charge is -2.27. The van der Waals surface area contributed by atoms with Crippen LogP contribution >= 0.6 is 0 Å². The Kier molecular flexibility index (Phi) is 5.33. The summed E-state index contributed by atoms with van der Waals surface area (Å²) in [5.74, 6) is 0.778. The van der Waals surface area contributed by atoms with Gasteiger partial charge in [0.05, 0.1) is 0 Å². The second-order valence-corrected chi connectivity index (χ2v) is 4.05. The van der Waals surface area contributed by atoms with Gasteiger partial charge in [-0.1, -0.05) is 19.3 Å². The van der Waals surface area contributed by atoms with E-state index in [1.165, 1.54) is 19.3 Å². The van der Waals surface area contributed by atoms with Crippen molar-refractivity contribution < 1.29 is 13.5 Å². The molecule has 84 valence electrons. The SMILES string of the molecule is NC(CCOCC(F)F)CC1CCC1. The predicted molar refractivity (Wildman–Crippen MR) is 51.4 cm³/mol. The topological polar surface area (TPSA) is 35.2 Å². The van der Waals surface area contributed by atoms with E-state index in [9.17, 15) is 8.78 Å². The molecule has 0 aromatic rings. The summed E-state index contributed by atoms with van der Waals surface area (Å²) in [6.07, 6.45) is 3.25. The summed E-state index contributed by atoms with van der Waals surface area (Å²) in [4.78, 5) is 0. The average molecular weight is 207 g/mol. The van der Waals surface area contributed by atoms with Crippen molar-refractivity contribution in [2.24, 2.45) is 11.7 Å². The van der Waals surface area contributed by atoms with Crippen molar-refractivity contribution in [1.29, 1.82) is 0 Å². The molecular formula is C10H19F2NO. The van der Waals surface area contributed by atoms with Gasteiger partial charge in [-0.15, -0.1) is 0 Å². The molecule has 1 aliphatic rings. The zero-order chi connectivity index (χ0) is 10.4. The van der Waals surface area contributed by atoms with Gasteiger partial charge in [0.2, 0.25) is 0 Å². The van der Waals surface area contributed by atoms with Crippen LogP contribution in [0, 0.1) is 5.92 Å². The first kappa shape index (κ1) is 11.9. The van der Waals surface area contributed by atoms with Crippen LogP contribution in [0.15, 0.2) is 0 Å². The number of nitrogens with two attached hydrogens (primary N) is 1. The lowest BCUT2D eigenvalue weighted by molar-refractivity contribution is 0.0145. The monoisotopic (exact) mass is 207 g/mol. The molecule has 1 rings (SSSR count). The summed E-state index contributed by atoms with van der Waals surface area (Å²) in [7, 11) is 0. The van der Waals surface area contributed by atoms with Gasteiger partial charge in [0.1, 0.15) is 6.61 Å². The number of ether oxygens (including phenoxy) is 1. The molecule has 0 saturated heterocycles. The minimum absolute atomic E-state index is 0.123. The first-order valence-corrected chi connectivity index (χ1v) is 5.30. The summed E-state index contributed by atoms with van der Waals surface area (Å²) in [6.45, 7) is -0.103. The van der Waals surface area contributed by atoms with Gasteiger partial charge in [-0.05, 0) is 18.8 Å². The molecule has 0 aliphatic heterocycles. The number of rotatable bonds is 7. The first-order valence-electron chi connectivity index (χ1n) is 5.30. The van der Waals surface area contributed by atoms with E-state index in [1.807, 2.05) is 0 Å². The molecule has 14 heavy (non-hydrogen) atoms. The van der Waals surface area contributed by atoms with Crippen LogP contribution in [0.2, 0.25) is 0 Å². The summed E-state index contributed by atoms with van der Waals surface area (Å²) in [5, 5.41) is 0. The zero-order valence-electron chi connectivity index (χ0n) is 8.42. The smallest absolute Gasteiger partial charge is 0.261 e. The van der Waals surface area contributed by atoms with Gasteiger partial charge in [-0.2, -0.15) is 0 Å². The molecule has 0 aromatic heterocycles. The van der Waals surface area contributed by atoms with Crippen LogP contribution in [0.4, 0.5) is 8.78 Å². The third-order valence-electron chi connectivity index (χ3n) is 2.74. The van der Waals surface area contributed by atoms with Crippen molar-refractivity contribution in [2.75, 3.05) is 13.2 Å². The Hall–Kier alpha value is -0.220. The van der Waals surface area contributed by atoms with Crippen molar-refractivity contribution in [3.8, 4) is 0 Å².